The zero-order chi connectivity index (χ0) is 19.7. The molecule has 1 atom stereocenters. The number of hydrogen-bond donors (Lipinski definition) is 0. The quantitative estimate of drug-likeness (QED) is 0.770. The minimum Gasteiger partial charge on any atom is -0.487 e. The van der Waals surface area contributed by atoms with Gasteiger partial charge in [0.1, 0.15) is 11.4 Å². The maximum absolute atomic E-state index is 12.4. The average molecular weight is 395 g/mol. The first-order valence-electron chi connectivity index (χ1n) is 9.72. The number of carbonyl (C=O) groups excluding carboxylic acids is 1. The highest BCUT2D eigenvalue weighted by Crippen LogP contribution is 2.46. The van der Waals surface area contributed by atoms with Crippen LogP contribution in [0.2, 0.25) is 0 Å². The number of para-hydroxylation sites is 1. The van der Waals surface area contributed by atoms with Crippen LogP contribution in [0.3, 0.4) is 0 Å². The van der Waals surface area contributed by atoms with Gasteiger partial charge in [0.15, 0.2) is 0 Å². The molecule has 0 bridgehead atoms. The molecule has 0 N–H and O–H groups in total. The Kier molecular flexibility index (Phi) is 5.82. The summed E-state index contributed by atoms with van der Waals surface area (Å²) >= 11 is 0. The smallest absolute Gasteiger partial charge is 0.222 e. The molecule has 1 unspecified atom stereocenters. The molecule has 7 heteroatoms. The molecule has 1 aromatic carbocycles. The number of amides is 1. The predicted molar refractivity (Wildman–Crippen MR) is 105 cm³/mol. The van der Waals surface area contributed by atoms with E-state index >= 15 is 0 Å². The molecule has 6 nitrogen and oxygen atoms in total. The Morgan fingerprint density at radius 1 is 1.26 bits per heavy atom. The molecule has 1 amide bonds. The van der Waals surface area contributed by atoms with Crippen LogP contribution in [-0.4, -0.2) is 62.1 Å². The number of fused-ring (bicyclic) bond motifs is 1. The summed E-state index contributed by atoms with van der Waals surface area (Å²) in [4.78, 5) is 14.0. The molecule has 1 fully saturated rings. The Bertz CT molecular complexity index is 783. The van der Waals surface area contributed by atoms with Crippen LogP contribution in [0.15, 0.2) is 24.3 Å². The van der Waals surface area contributed by atoms with Crippen molar-refractivity contribution in [2.45, 2.75) is 50.5 Å². The van der Waals surface area contributed by atoms with Crippen molar-refractivity contribution in [1.29, 1.82) is 0 Å². The van der Waals surface area contributed by atoms with Crippen molar-refractivity contribution in [3.63, 3.8) is 0 Å². The number of hydrogen-bond acceptors (Lipinski definition) is 4. The van der Waals surface area contributed by atoms with Gasteiger partial charge >= 0.3 is 0 Å². The number of carbonyl (C=O) groups is 1. The molecule has 150 valence electrons. The lowest BCUT2D eigenvalue weighted by Gasteiger charge is -2.46. The SMILES string of the molecule is CCCS(=O)(=O)N1CCC2(CC1)CC(CC(=O)N(C)C)c1ccccc1O2. The third kappa shape index (κ3) is 4.29. The van der Waals surface area contributed by atoms with Crippen LogP contribution >= 0.6 is 0 Å². The first-order valence-corrected chi connectivity index (χ1v) is 11.3. The third-order valence-electron chi connectivity index (χ3n) is 5.71. The van der Waals surface area contributed by atoms with Crippen LogP contribution in [0, 0.1) is 0 Å². The number of rotatable bonds is 5. The molecule has 1 saturated heterocycles. The first-order chi connectivity index (χ1) is 12.8. The van der Waals surface area contributed by atoms with Crippen LogP contribution in [0.5, 0.6) is 5.75 Å². The van der Waals surface area contributed by atoms with E-state index in [1.165, 1.54) is 0 Å². The molecule has 2 aliphatic rings. The molecule has 2 aliphatic heterocycles. The van der Waals surface area contributed by atoms with Gasteiger partial charge in [-0.1, -0.05) is 25.1 Å². The molecule has 1 aromatic rings. The van der Waals surface area contributed by atoms with Crippen LogP contribution in [-0.2, 0) is 14.8 Å². The fraction of sp³-hybridized carbons (Fsp3) is 0.650. The molecule has 2 heterocycles. The van der Waals surface area contributed by atoms with Gasteiger partial charge in [-0.05, 0) is 24.5 Å². The van der Waals surface area contributed by atoms with Gasteiger partial charge in [-0.15, -0.1) is 0 Å². The van der Waals surface area contributed by atoms with Crippen molar-refractivity contribution in [1.82, 2.24) is 9.21 Å². The summed E-state index contributed by atoms with van der Waals surface area (Å²) < 4.78 is 32.8. The highest BCUT2D eigenvalue weighted by molar-refractivity contribution is 7.89. The van der Waals surface area contributed by atoms with Gasteiger partial charge in [0.2, 0.25) is 15.9 Å². The van der Waals surface area contributed by atoms with E-state index in [0.717, 1.165) is 17.7 Å². The molecule has 27 heavy (non-hydrogen) atoms. The highest BCUT2D eigenvalue weighted by atomic mass is 32.2. The van der Waals surface area contributed by atoms with Crippen molar-refractivity contribution in [2.75, 3.05) is 32.9 Å². The maximum Gasteiger partial charge on any atom is 0.222 e. The molecular weight excluding hydrogens is 364 g/mol. The van der Waals surface area contributed by atoms with E-state index in [4.69, 9.17) is 4.74 Å². The monoisotopic (exact) mass is 394 g/mol. The van der Waals surface area contributed by atoms with Gasteiger partial charge in [-0.25, -0.2) is 12.7 Å². The van der Waals surface area contributed by atoms with Crippen LogP contribution in [0.4, 0.5) is 0 Å². The summed E-state index contributed by atoms with van der Waals surface area (Å²) in [6, 6.07) is 7.93. The lowest BCUT2D eigenvalue weighted by Crippen LogP contribution is -2.52. The van der Waals surface area contributed by atoms with Crippen molar-refractivity contribution < 1.29 is 17.9 Å². The van der Waals surface area contributed by atoms with Crippen molar-refractivity contribution >= 4 is 15.9 Å². The highest BCUT2D eigenvalue weighted by Gasteiger charge is 2.45. The lowest BCUT2D eigenvalue weighted by atomic mass is 9.76. The van der Waals surface area contributed by atoms with E-state index in [9.17, 15) is 13.2 Å². The Morgan fingerprint density at radius 2 is 1.93 bits per heavy atom. The van der Waals surface area contributed by atoms with E-state index in [-0.39, 0.29) is 23.2 Å². The Morgan fingerprint density at radius 3 is 2.56 bits per heavy atom. The second-order valence-electron chi connectivity index (χ2n) is 7.93. The largest absolute Gasteiger partial charge is 0.487 e. The van der Waals surface area contributed by atoms with Gasteiger partial charge in [-0.3, -0.25) is 4.79 Å². The number of nitrogens with zero attached hydrogens (tertiary/aromatic N) is 2. The normalized spacial score (nSPS) is 22.1. The topological polar surface area (TPSA) is 66.9 Å². The zero-order valence-corrected chi connectivity index (χ0v) is 17.3. The number of benzene rings is 1. The third-order valence-corrected chi connectivity index (χ3v) is 7.79. The van der Waals surface area contributed by atoms with Gasteiger partial charge < -0.3 is 9.64 Å². The van der Waals surface area contributed by atoms with Crippen molar-refractivity contribution in [2.24, 2.45) is 0 Å². The fourth-order valence-corrected chi connectivity index (χ4v) is 5.70. The summed E-state index contributed by atoms with van der Waals surface area (Å²) in [6.45, 7) is 2.86. The van der Waals surface area contributed by atoms with E-state index < -0.39 is 10.0 Å². The molecule has 0 saturated carbocycles. The zero-order valence-electron chi connectivity index (χ0n) is 16.5. The van der Waals surface area contributed by atoms with Crippen molar-refractivity contribution in [3.05, 3.63) is 29.8 Å². The first kappa shape index (κ1) is 20.1. The second kappa shape index (κ2) is 7.80. The Balaban J connectivity index is 1.79. The molecule has 0 radical (unpaired) electrons. The number of ether oxygens (including phenoxy) is 1. The molecule has 0 aromatic heterocycles. The van der Waals surface area contributed by atoms with Gasteiger partial charge in [0.05, 0.1) is 5.75 Å². The Labute approximate surface area is 162 Å². The van der Waals surface area contributed by atoms with E-state index in [1.54, 1.807) is 23.3 Å². The molecule has 3 rings (SSSR count). The van der Waals surface area contributed by atoms with E-state index in [1.807, 2.05) is 31.2 Å². The summed E-state index contributed by atoms with van der Waals surface area (Å²) in [5.41, 5.74) is 0.698. The van der Waals surface area contributed by atoms with Gasteiger partial charge in [-0.2, -0.15) is 0 Å². The van der Waals surface area contributed by atoms with E-state index in [2.05, 4.69) is 0 Å². The minimum atomic E-state index is -3.18. The number of piperidine rings is 1. The van der Waals surface area contributed by atoms with Crippen LogP contribution in [0.1, 0.15) is 50.5 Å². The van der Waals surface area contributed by atoms with Crippen molar-refractivity contribution in [3.8, 4) is 5.75 Å². The second-order valence-corrected chi connectivity index (χ2v) is 10.0. The lowest BCUT2D eigenvalue weighted by molar-refractivity contribution is -0.129. The summed E-state index contributed by atoms with van der Waals surface area (Å²) in [6.07, 6.45) is 3.16. The van der Waals surface area contributed by atoms with Crippen LogP contribution in [0.25, 0.3) is 0 Å². The average Bonchev–Trinajstić information content (AvgIpc) is 2.62. The molecule has 1 spiro atoms. The van der Waals surface area contributed by atoms with Gasteiger partial charge in [0.25, 0.3) is 0 Å². The maximum atomic E-state index is 12.4. The summed E-state index contributed by atoms with van der Waals surface area (Å²) in [7, 11) is 0.380. The number of sulfonamides is 1. The van der Waals surface area contributed by atoms with E-state index in [0.29, 0.717) is 38.8 Å². The minimum absolute atomic E-state index is 0.101. The summed E-state index contributed by atoms with van der Waals surface area (Å²) in [5, 5.41) is 0. The molecule has 0 aliphatic carbocycles. The standard InChI is InChI=1S/C20H30N2O4S/c1-4-13-27(24,25)22-11-9-20(10-12-22)15-16(14-19(23)21(2)3)17-7-5-6-8-18(17)26-20/h5-8,16H,4,9-15H2,1-3H3. The molecular formula is C20H30N2O4S. The fourth-order valence-electron chi connectivity index (χ4n) is 4.19. The summed E-state index contributed by atoms with van der Waals surface area (Å²) in [5.74, 6) is 1.24. The van der Waals surface area contributed by atoms with Crippen LogP contribution < -0.4 is 4.74 Å². The Hall–Kier alpha value is -1.60. The predicted octanol–water partition coefficient (Wildman–Crippen LogP) is 2.61. The van der Waals surface area contributed by atoms with Gasteiger partial charge in [0, 0.05) is 52.4 Å².